The van der Waals surface area contributed by atoms with Crippen LogP contribution in [0.4, 0.5) is 18.9 Å². The number of benzene rings is 3. The van der Waals surface area contributed by atoms with Crippen LogP contribution in [0.15, 0.2) is 78.4 Å². The SMILES string of the molecule is COc1ccc(C2/C(=C(\O)c3cccc(Cl)c3)C(=O)C(=O)N2c2cccc(OC(F)(F)F)c2)cc1. The molecule has 1 heterocycles. The van der Waals surface area contributed by atoms with Crippen molar-refractivity contribution in [3.05, 3.63) is 94.5 Å². The molecule has 35 heavy (non-hydrogen) atoms. The number of Topliss-reactive ketones (excluding diaryl/α,β-unsaturated/α-hetero) is 1. The quantitative estimate of drug-likeness (QED) is 0.267. The Kier molecular flexibility index (Phi) is 6.45. The second-order valence-electron chi connectivity index (χ2n) is 7.50. The molecule has 0 radical (unpaired) electrons. The summed E-state index contributed by atoms with van der Waals surface area (Å²) in [5.41, 5.74) is 0.336. The van der Waals surface area contributed by atoms with E-state index in [2.05, 4.69) is 4.74 Å². The maximum Gasteiger partial charge on any atom is 0.573 e. The Bertz CT molecular complexity index is 1320. The van der Waals surface area contributed by atoms with Crippen molar-refractivity contribution in [3.8, 4) is 11.5 Å². The first kappa shape index (κ1) is 24.2. The third kappa shape index (κ3) is 4.95. The predicted molar refractivity (Wildman–Crippen MR) is 122 cm³/mol. The Labute approximate surface area is 202 Å². The van der Waals surface area contributed by atoms with Gasteiger partial charge in [0.15, 0.2) is 0 Å². The van der Waals surface area contributed by atoms with Crippen molar-refractivity contribution < 1.29 is 37.3 Å². The van der Waals surface area contributed by atoms with Gasteiger partial charge in [-0.1, -0.05) is 41.9 Å². The van der Waals surface area contributed by atoms with E-state index in [9.17, 15) is 27.9 Å². The predicted octanol–water partition coefficient (Wildman–Crippen LogP) is 5.87. The molecule has 1 unspecified atom stereocenters. The third-order valence-corrected chi connectivity index (χ3v) is 5.54. The number of aliphatic hydroxyl groups excluding tert-OH is 1. The van der Waals surface area contributed by atoms with Gasteiger partial charge in [-0.2, -0.15) is 0 Å². The van der Waals surface area contributed by atoms with E-state index in [0.29, 0.717) is 16.3 Å². The normalized spacial score (nSPS) is 17.5. The lowest BCUT2D eigenvalue weighted by Crippen LogP contribution is -2.29. The monoisotopic (exact) mass is 503 g/mol. The van der Waals surface area contributed by atoms with Crippen molar-refractivity contribution in [2.75, 3.05) is 12.0 Å². The van der Waals surface area contributed by atoms with Crippen LogP contribution in [0, 0.1) is 0 Å². The van der Waals surface area contributed by atoms with Crippen LogP contribution < -0.4 is 14.4 Å². The number of aliphatic hydroxyl groups is 1. The average molecular weight is 504 g/mol. The second-order valence-corrected chi connectivity index (χ2v) is 7.93. The number of carbonyl (C=O) groups excluding carboxylic acids is 2. The number of methoxy groups -OCH3 is 1. The third-order valence-electron chi connectivity index (χ3n) is 5.30. The standard InChI is InChI=1S/C25H17ClF3NO5/c1-34-18-10-8-14(9-11-18)21-20(22(31)15-4-2-5-16(26)12-15)23(32)24(33)30(21)17-6-3-7-19(13-17)35-25(27,28)29/h2-13,21,31H,1H3/b22-20+. The molecule has 3 aromatic carbocycles. The second kappa shape index (κ2) is 9.34. The zero-order valence-electron chi connectivity index (χ0n) is 18.0. The summed E-state index contributed by atoms with van der Waals surface area (Å²) in [5.74, 6) is -2.58. The first-order valence-electron chi connectivity index (χ1n) is 10.2. The number of ether oxygens (including phenoxy) is 2. The number of hydrogen-bond acceptors (Lipinski definition) is 5. The number of rotatable bonds is 5. The molecule has 0 spiro atoms. The topological polar surface area (TPSA) is 76.1 Å². The van der Waals surface area contributed by atoms with E-state index in [4.69, 9.17) is 16.3 Å². The Morgan fingerprint density at radius 2 is 1.66 bits per heavy atom. The molecule has 1 atom stereocenters. The highest BCUT2D eigenvalue weighted by molar-refractivity contribution is 6.51. The first-order chi connectivity index (χ1) is 16.6. The lowest BCUT2D eigenvalue weighted by atomic mass is 9.95. The molecule has 10 heteroatoms. The van der Waals surface area contributed by atoms with E-state index < -0.39 is 35.6 Å². The maximum absolute atomic E-state index is 13.1. The van der Waals surface area contributed by atoms with Crippen LogP contribution in [0.2, 0.25) is 5.02 Å². The molecule has 0 bridgehead atoms. The maximum atomic E-state index is 13.1. The summed E-state index contributed by atoms with van der Waals surface area (Å²) in [6.45, 7) is 0. The van der Waals surface area contributed by atoms with Gasteiger partial charge in [-0.3, -0.25) is 14.5 Å². The molecule has 0 saturated carbocycles. The molecule has 0 aliphatic carbocycles. The van der Waals surface area contributed by atoms with E-state index in [1.54, 1.807) is 36.4 Å². The molecule has 180 valence electrons. The fraction of sp³-hybridized carbons (Fsp3) is 0.120. The van der Waals surface area contributed by atoms with Crippen molar-refractivity contribution in [1.29, 1.82) is 0 Å². The van der Waals surface area contributed by atoms with Gasteiger partial charge in [-0.25, -0.2) is 0 Å². The number of ketones is 1. The van der Waals surface area contributed by atoms with Crippen LogP contribution in [-0.4, -0.2) is 30.3 Å². The summed E-state index contributed by atoms with van der Waals surface area (Å²) in [5, 5.41) is 11.4. The molecule has 6 nitrogen and oxygen atoms in total. The molecular formula is C25H17ClF3NO5. The number of halogens is 4. The molecule has 4 rings (SSSR count). The van der Waals surface area contributed by atoms with E-state index >= 15 is 0 Å². The Hall–Kier alpha value is -3.98. The number of anilines is 1. The van der Waals surface area contributed by atoms with Crippen molar-refractivity contribution in [3.63, 3.8) is 0 Å². The van der Waals surface area contributed by atoms with E-state index in [-0.39, 0.29) is 16.8 Å². The van der Waals surface area contributed by atoms with Crippen LogP contribution >= 0.6 is 11.6 Å². The van der Waals surface area contributed by atoms with Gasteiger partial charge in [0.25, 0.3) is 11.7 Å². The number of alkyl halides is 3. The molecule has 1 amide bonds. The van der Waals surface area contributed by atoms with Gasteiger partial charge in [0.1, 0.15) is 17.3 Å². The van der Waals surface area contributed by atoms with Gasteiger partial charge < -0.3 is 14.6 Å². The molecule has 1 N–H and O–H groups in total. The number of amides is 1. The van der Waals surface area contributed by atoms with Crippen LogP contribution in [0.1, 0.15) is 17.2 Å². The largest absolute Gasteiger partial charge is 0.573 e. The molecule has 1 aliphatic heterocycles. The van der Waals surface area contributed by atoms with Gasteiger partial charge in [0.2, 0.25) is 0 Å². The molecule has 1 saturated heterocycles. The van der Waals surface area contributed by atoms with Crippen LogP contribution in [0.5, 0.6) is 11.5 Å². The average Bonchev–Trinajstić information content (AvgIpc) is 3.08. The highest BCUT2D eigenvalue weighted by Gasteiger charge is 2.47. The van der Waals surface area contributed by atoms with Crippen molar-refractivity contribution in [1.82, 2.24) is 0 Å². The van der Waals surface area contributed by atoms with Crippen LogP contribution in [-0.2, 0) is 9.59 Å². The summed E-state index contributed by atoms with van der Waals surface area (Å²) in [7, 11) is 1.46. The summed E-state index contributed by atoms with van der Waals surface area (Å²) >= 11 is 6.03. The van der Waals surface area contributed by atoms with Crippen molar-refractivity contribution in [2.45, 2.75) is 12.4 Å². The molecule has 1 fully saturated rings. The van der Waals surface area contributed by atoms with Gasteiger partial charge in [0, 0.05) is 22.3 Å². The number of carbonyl (C=O) groups is 2. The summed E-state index contributed by atoms with van der Waals surface area (Å²) in [6, 6.07) is 16.0. The highest BCUT2D eigenvalue weighted by Crippen LogP contribution is 2.43. The minimum absolute atomic E-state index is 0.0280. The Balaban J connectivity index is 1.90. The van der Waals surface area contributed by atoms with Gasteiger partial charge in [0.05, 0.1) is 18.7 Å². The highest BCUT2D eigenvalue weighted by atomic mass is 35.5. The van der Waals surface area contributed by atoms with E-state index in [0.717, 1.165) is 17.0 Å². The van der Waals surface area contributed by atoms with Crippen LogP contribution in [0.3, 0.4) is 0 Å². The molecule has 3 aromatic rings. The van der Waals surface area contributed by atoms with Gasteiger partial charge in [-0.15, -0.1) is 13.2 Å². The zero-order valence-corrected chi connectivity index (χ0v) is 18.8. The summed E-state index contributed by atoms with van der Waals surface area (Å²) < 4.78 is 47.4. The molecule has 0 aromatic heterocycles. The summed E-state index contributed by atoms with van der Waals surface area (Å²) in [6.07, 6.45) is -4.95. The first-order valence-corrected chi connectivity index (χ1v) is 10.5. The zero-order chi connectivity index (χ0) is 25.3. The fourth-order valence-electron chi connectivity index (χ4n) is 3.82. The van der Waals surface area contributed by atoms with Crippen molar-refractivity contribution in [2.24, 2.45) is 0 Å². The van der Waals surface area contributed by atoms with E-state index in [1.807, 2.05) is 0 Å². The smallest absolute Gasteiger partial charge is 0.507 e. The van der Waals surface area contributed by atoms with Crippen LogP contribution in [0.25, 0.3) is 5.76 Å². The van der Waals surface area contributed by atoms with E-state index in [1.165, 1.54) is 31.4 Å². The fourth-order valence-corrected chi connectivity index (χ4v) is 4.01. The lowest BCUT2D eigenvalue weighted by molar-refractivity contribution is -0.274. The minimum atomic E-state index is -4.95. The number of nitrogens with zero attached hydrogens (tertiary/aromatic N) is 1. The Morgan fingerprint density at radius 1 is 0.971 bits per heavy atom. The Morgan fingerprint density at radius 3 is 2.29 bits per heavy atom. The lowest BCUT2D eigenvalue weighted by Gasteiger charge is -2.26. The number of hydrogen-bond donors (Lipinski definition) is 1. The minimum Gasteiger partial charge on any atom is -0.507 e. The van der Waals surface area contributed by atoms with Gasteiger partial charge in [-0.05, 0) is 42.0 Å². The molecule has 1 aliphatic rings. The van der Waals surface area contributed by atoms with Crippen molar-refractivity contribution >= 4 is 34.7 Å². The molecular weight excluding hydrogens is 487 g/mol. The summed E-state index contributed by atoms with van der Waals surface area (Å²) in [4.78, 5) is 27.3. The van der Waals surface area contributed by atoms with Gasteiger partial charge >= 0.3 is 6.36 Å².